The van der Waals surface area contributed by atoms with Crippen LogP contribution in [0.4, 0.5) is 10.5 Å². The van der Waals surface area contributed by atoms with E-state index in [1.807, 2.05) is 0 Å². The number of aromatic nitrogens is 2. The molecule has 0 spiro atoms. The van der Waals surface area contributed by atoms with Gasteiger partial charge >= 0.3 is 6.03 Å². The van der Waals surface area contributed by atoms with Crippen LogP contribution in [0.2, 0.25) is 0 Å². The van der Waals surface area contributed by atoms with Crippen molar-refractivity contribution in [3.8, 4) is 0 Å². The maximum atomic E-state index is 12.8. The van der Waals surface area contributed by atoms with E-state index in [1.54, 1.807) is 47.8 Å². The summed E-state index contributed by atoms with van der Waals surface area (Å²) in [5, 5.41) is 12.5. The molecule has 1 aromatic carbocycles. The van der Waals surface area contributed by atoms with E-state index >= 15 is 0 Å². The van der Waals surface area contributed by atoms with Gasteiger partial charge in [-0.3, -0.25) is 29.8 Å². The summed E-state index contributed by atoms with van der Waals surface area (Å²) >= 11 is 0. The summed E-state index contributed by atoms with van der Waals surface area (Å²) < 4.78 is 0. The van der Waals surface area contributed by atoms with Gasteiger partial charge in [-0.25, -0.2) is 4.79 Å². The lowest BCUT2D eigenvalue weighted by atomic mass is 10.0. The number of aliphatic hydroxyl groups is 1. The van der Waals surface area contributed by atoms with Gasteiger partial charge in [-0.1, -0.05) is 0 Å². The van der Waals surface area contributed by atoms with E-state index in [1.165, 1.54) is 4.90 Å². The van der Waals surface area contributed by atoms with Gasteiger partial charge in [-0.15, -0.1) is 0 Å². The number of rotatable bonds is 4. The molecule has 2 aromatic rings. The van der Waals surface area contributed by atoms with Crippen molar-refractivity contribution in [3.05, 3.63) is 54.1 Å². The number of carbonyl (C=O) groups is 3. The number of urea groups is 1. The van der Waals surface area contributed by atoms with Crippen LogP contribution in [0.15, 0.2) is 42.9 Å². The molecule has 2 N–H and O–H groups in total. The third-order valence-electron chi connectivity index (χ3n) is 5.00. The van der Waals surface area contributed by atoms with Crippen LogP contribution in [0.5, 0.6) is 0 Å². The van der Waals surface area contributed by atoms with Gasteiger partial charge in [0.1, 0.15) is 6.54 Å². The molecule has 9 nitrogen and oxygen atoms in total. The number of hydrogen-bond acceptors (Lipinski definition) is 6. The van der Waals surface area contributed by atoms with Gasteiger partial charge in [0.15, 0.2) is 0 Å². The first kappa shape index (κ1) is 18.1. The molecule has 2 aliphatic heterocycles. The summed E-state index contributed by atoms with van der Waals surface area (Å²) in [6.07, 6.45) is 4.79. The molecule has 0 unspecified atom stereocenters. The fraction of sp³-hybridized carbons (Fsp3) is 0.316. The molecule has 2 saturated heterocycles. The average Bonchev–Trinajstić information content (AvgIpc) is 3.23. The zero-order valence-corrected chi connectivity index (χ0v) is 15.0. The first-order valence-corrected chi connectivity index (χ1v) is 8.95. The zero-order valence-electron chi connectivity index (χ0n) is 15.0. The largest absolute Gasteiger partial charge is 0.391 e. The van der Waals surface area contributed by atoms with E-state index in [9.17, 15) is 19.5 Å². The molecule has 2 fully saturated rings. The number of carbonyl (C=O) groups excluding carboxylic acids is 3. The minimum atomic E-state index is -0.621. The van der Waals surface area contributed by atoms with Crippen molar-refractivity contribution in [3.63, 3.8) is 0 Å². The second-order valence-electron chi connectivity index (χ2n) is 6.92. The standard InChI is InChI=1S/C19H19N5O4/c25-16-10-23(9-13(16)7-14-8-20-5-6-21-14)18(27)12-1-3-15(4-2-12)24-11-17(26)22-19(24)28/h1-6,8,13,16,25H,7,9-11H2,(H,22,26,28)/t13-,16-/m1/s1. The number of nitrogens with one attached hydrogen (secondary N) is 1. The highest BCUT2D eigenvalue weighted by atomic mass is 16.3. The van der Waals surface area contributed by atoms with Crippen molar-refractivity contribution in [2.75, 3.05) is 24.5 Å². The monoisotopic (exact) mass is 381 g/mol. The minimum absolute atomic E-state index is 0.0332. The molecule has 0 radical (unpaired) electrons. The number of β-amino-alcohol motifs (C(OH)–C–C–N with tert-alkyl or cyclic N) is 1. The van der Waals surface area contributed by atoms with Crippen LogP contribution in [0.25, 0.3) is 0 Å². The maximum absolute atomic E-state index is 12.8. The molecule has 2 aliphatic rings. The van der Waals surface area contributed by atoms with Crippen LogP contribution in [-0.2, 0) is 11.2 Å². The Kier molecular flexibility index (Phi) is 4.74. The number of likely N-dealkylation sites (tertiary alicyclic amines) is 1. The van der Waals surface area contributed by atoms with Gasteiger partial charge in [0.2, 0.25) is 5.91 Å². The molecule has 0 saturated carbocycles. The smallest absolute Gasteiger partial charge is 0.329 e. The van der Waals surface area contributed by atoms with Gasteiger partial charge in [0.05, 0.1) is 11.8 Å². The first-order chi connectivity index (χ1) is 13.5. The Morgan fingerprint density at radius 3 is 2.61 bits per heavy atom. The SMILES string of the molecule is O=C1CN(c2ccc(C(=O)N3C[C@@H](Cc4cnccn4)[C@H](O)C3)cc2)C(=O)N1. The van der Waals surface area contributed by atoms with Gasteiger partial charge in [-0.05, 0) is 30.7 Å². The van der Waals surface area contributed by atoms with Crippen molar-refractivity contribution in [1.82, 2.24) is 20.2 Å². The summed E-state index contributed by atoms with van der Waals surface area (Å²) in [6, 6.07) is 6.04. The van der Waals surface area contributed by atoms with Crippen molar-refractivity contribution in [1.29, 1.82) is 0 Å². The number of benzene rings is 1. The highest BCUT2D eigenvalue weighted by Gasteiger charge is 2.35. The van der Waals surface area contributed by atoms with Crippen molar-refractivity contribution < 1.29 is 19.5 Å². The number of anilines is 1. The third-order valence-corrected chi connectivity index (χ3v) is 5.00. The highest BCUT2D eigenvalue weighted by molar-refractivity contribution is 6.12. The molecule has 0 bridgehead atoms. The molecule has 4 amide bonds. The molecule has 144 valence electrons. The summed E-state index contributed by atoms with van der Waals surface area (Å²) in [7, 11) is 0. The fourth-order valence-electron chi connectivity index (χ4n) is 3.54. The molecule has 28 heavy (non-hydrogen) atoms. The molecule has 1 aromatic heterocycles. The Balaban J connectivity index is 1.42. The summed E-state index contributed by atoms with van der Waals surface area (Å²) in [4.78, 5) is 47.0. The lowest BCUT2D eigenvalue weighted by Gasteiger charge is -2.17. The number of hydrogen-bond donors (Lipinski definition) is 2. The van der Waals surface area contributed by atoms with Crippen LogP contribution >= 0.6 is 0 Å². The Hall–Kier alpha value is -3.33. The van der Waals surface area contributed by atoms with Gasteiger partial charge < -0.3 is 10.0 Å². The van der Waals surface area contributed by atoms with Crippen molar-refractivity contribution in [2.45, 2.75) is 12.5 Å². The van der Waals surface area contributed by atoms with Crippen LogP contribution in [0.3, 0.4) is 0 Å². The second kappa shape index (κ2) is 7.35. The molecule has 2 atom stereocenters. The highest BCUT2D eigenvalue weighted by Crippen LogP contribution is 2.24. The lowest BCUT2D eigenvalue weighted by Crippen LogP contribution is -2.30. The molecule has 3 heterocycles. The number of nitrogens with zero attached hydrogens (tertiary/aromatic N) is 4. The fourth-order valence-corrected chi connectivity index (χ4v) is 3.54. The van der Waals surface area contributed by atoms with E-state index < -0.39 is 12.1 Å². The molecular weight excluding hydrogens is 362 g/mol. The van der Waals surface area contributed by atoms with E-state index in [4.69, 9.17) is 0 Å². The quantitative estimate of drug-likeness (QED) is 0.732. The number of aliphatic hydroxyl groups excluding tert-OH is 1. The Bertz CT molecular complexity index is 902. The summed E-state index contributed by atoms with van der Waals surface area (Å²) in [5.41, 5.74) is 1.78. The molecule has 4 rings (SSSR count). The van der Waals surface area contributed by atoms with Crippen LogP contribution in [0.1, 0.15) is 16.1 Å². The predicted octanol–water partition coefficient (Wildman–Crippen LogP) is 0.208. The number of imide groups is 1. The van der Waals surface area contributed by atoms with E-state index in [0.29, 0.717) is 24.2 Å². The molecular formula is C19H19N5O4. The second-order valence-corrected chi connectivity index (χ2v) is 6.92. The Morgan fingerprint density at radius 2 is 1.96 bits per heavy atom. The third kappa shape index (κ3) is 3.56. The van der Waals surface area contributed by atoms with E-state index in [0.717, 1.165) is 5.69 Å². The predicted molar refractivity (Wildman–Crippen MR) is 98.5 cm³/mol. The Morgan fingerprint density at radius 1 is 1.18 bits per heavy atom. The maximum Gasteiger partial charge on any atom is 0.329 e. The van der Waals surface area contributed by atoms with Crippen molar-refractivity contribution in [2.24, 2.45) is 5.92 Å². The lowest BCUT2D eigenvalue weighted by molar-refractivity contribution is -0.117. The van der Waals surface area contributed by atoms with Crippen molar-refractivity contribution >= 4 is 23.5 Å². The topological polar surface area (TPSA) is 116 Å². The van der Waals surface area contributed by atoms with Gasteiger partial charge in [-0.2, -0.15) is 0 Å². The first-order valence-electron chi connectivity index (χ1n) is 8.95. The Labute approximate surface area is 161 Å². The van der Waals surface area contributed by atoms with E-state index in [-0.39, 0.29) is 30.8 Å². The number of amides is 4. The average molecular weight is 381 g/mol. The minimum Gasteiger partial charge on any atom is -0.391 e. The normalized spacial score (nSPS) is 21.9. The summed E-state index contributed by atoms with van der Waals surface area (Å²) in [5.74, 6) is -0.640. The molecule has 0 aliphatic carbocycles. The zero-order chi connectivity index (χ0) is 19.7. The van der Waals surface area contributed by atoms with E-state index in [2.05, 4.69) is 15.3 Å². The molecule has 9 heteroatoms. The van der Waals surface area contributed by atoms with Crippen LogP contribution in [-0.4, -0.2) is 63.6 Å². The van der Waals surface area contributed by atoms with Gasteiger partial charge in [0.25, 0.3) is 5.91 Å². The van der Waals surface area contributed by atoms with Crippen LogP contribution in [0, 0.1) is 5.92 Å². The van der Waals surface area contributed by atoms with Gasteiger partial charge in [0, 0.05) is 48.8 Å². The summed E-state index contributed by atoms with van der Waals surface area (Å²) in [6.45, 7) is 0.657. The van der Waals surface area contributed by atoms with Crippen LogP contribution < -0.4 is 10.2 Å².